The number of aliphatic hydroxyl groups is 1. The zero-order valence-electron chi connectivity index (χ0n) is 20.7. The average Bonchev–Trinajstić information content (AvgIpc) is 2.88. The van der Waals surface area contributed by atoms with Crippen LogP contribution in [0.25, 0.3) is 0 Å². The van der Waals surface area contributed by atoms with Gasteiger partial charge in [-0.25, -0.2) is 17.6 Å². The monoisotopic (exact) mass is 520 g/mol. The average molecular weight is 521 g/mol. The van der Waals surface area contributed by atoms with Gasteiger partial charge in [0.2, 0.25) is 5.82 Å². The van der Waals surface area contributed by atoms with Gasteiger partial charge in [-0.2, -0.15) is 4.39 Å². The highest BCUT2D eigenvalue weighted by molar-refractivity contribution is 5.35. The zero-order chi connectivity index (χ0) is 26.7. The van der Waals surface area contributed by atoms with Crippen molar-refractivity contribution in [3.63, 3.8) is 0 Å². The minimum Gasteiger partial charge on any atom is -0.491 e. The fourth-order valence-electron chi connectivity index (χ4n) is 4.97. The van der Waals surface area contributed by atoms with E-state index in [1.165, 1.54) is 37.3 Å². The van der Waals surface area contributed by atoms with Crippen molar-refractivity contribution < 1.29 is 36.5 Å². The number of benzene rings is 3. The Hall–Kier alpha value is -3.13. The molecule has 0 bridgehead atoms. The molecule has 1 unspecified atom stereocenters. The van der Waals surface area contributed by atoms with Crippen molar-refractivity contribution in [1.82, 2.24) is 0 Å². The third-order valence-electron chi connectivity index (χ3n) is 6.99. The first-order valence-electron chi connectivity index (χ1n) is 12.4. The zero-order valence-corrected chi connectivity index (χ0v) is 20.7. The molecule has 3 aromatic carbocycles. The Morgan fingerprint density at radius 3 is 2.05 bits per heavy atom. The molecule has 3 aromatic rings. The number of halogens is 5. The standard InChI is InChI=1S/C29H29F5O3/c1-3-36-25-13-8-19(26(31)29(25)34)15-37-20-9-10-22(24(30)14-20)17-4-6-18(7-5-17)23-12-11-21(16(2)35)27(32)28(23)33/h8-14,16-18,35H,3-7,15H2,1-2H3. The molecule has 1 saturated carbocycles. The van der Waals surface area contributed by atoms with Gasteiger partial charge >= 0.3 is 0 Å². The fraction of sp³-hybridized carbons (Fsp3) is 0.379. The number of hydrogen-bond acceptors (Lipinski definition) is 3. The quantitative estimate of drug-likeness (QED) is 0.308. The van der Waals surface area contributed by atoms with Crippen LogP contribution in [-0.4, -0.2) is 11.7 Å². The first-order valence-corrected chi connectivity index (χ1v) is 12.4. The van der Waals surface area contributed by atoms with Gasteiger partial charge in [0, 0.05) is 17.2 Å². The van der Waals surface area contributed by atoms with E-state index in [0.29, 0.717) is 31.2 Å². The Bertz CT molecular complexity index is 1250. The second-order valence-corrected chi connectivity index (χ2v) is 9.35. The second kappa shape index (κ2) is 11.5. The lowest BCUT2D eigenvalue weighted by Crippen LogP contribution is -2.15. The second-order valence-electron chi connectivity index (χ2n) is 9.35. The van der Waals surface area contributed by atoms with Crippen LogP contribution in [0.3, 0.4) is 0 Å². The molecule has 8 heteroatoms. The molecule has 0 heterocycles. The Kier molecular flexibility index (Phi) is 8.37. The van der Waals surface area contributed by atoms with Gasteiger partial charge in [-0.1, -0.05) is 18.2 Å². The van der Waals surface area contributed by atoms with Crippen molar-refractivity contribution >= 4 is 0 Å². The summed E-state index contributed by atoms with van der Waals surface area (Å²) in [4.78, 5) is 0. The lowest BCUT2D eigenvalue weighted by atomic mass is 9.75. The maximum Gasteiger partial charge on any atom is 0.201 e. The molecule has 0 saturated heterocycles. The Balaban J connectivity index is 1.39. The summed E-state index contributed by atoms with van der Waals surface area (Å²) in [7, 11) is 0. The molecular formula is C29H29F5O3. The van der Waals surface area contributed by atoms with Crippen molar-refractivity contribution in [1.29, 1.82) is 0 Å². The largest absolute Gasteiger partial charge is 0.491 e. The van der Waals surface area contributed by atoms with Crippen LogP contribution in [0, 0.1) is 29.1 Å². The summed E-state index contributed by atoms with van der Waals surface area (Å²) in [5, 5.41) is 9.59. The van der Waals surface area contributed by atoms with Crippen LogP contribution < -0.4 is 9.47 Å². The van der Waals surface area contributed by atoms with Gasteiger partial charge in [0.25, 0.3) is 0 Å². The minimum atomic E-state index is -1.10. The molecule has 0 amide bonds. The highest BCUT2D eigenvalue weighted by Gasteiger charge is 2.29. The Morgan fingerprint density at radius 2 is 1.43 bits per heavy atom. The number of hydrogen-bond donors (Lipinski definition) is 1. The molecule has 1 fully saturated rings. The summed E-state index contributed by atoms with van der Waals surface area (Å²) in [6.07, 6.45) is 1.22. The maximum absolute atomic E-state index is 14.9. The lowest BCUT2D eigenvalue weighted by molar-refractivity contribution is 0.192. The predicted octanol–water partition coefficient (Wildman–Crippen LogP) is 7.85. The van der Waals surface area contributed by atoms with Gasteiger partial charge < -0.3 is 14.6 Å². The van der Waals surface area contributed by atoms with Crippen molar-refractivity contribution in [2.45, 2.75) is 64.1 Å². The SMILES string of the molecule is CCOc1ccc(COc2ccc(C3CCC(c4ccc(C(C)O)c(F)c4F)CC3)c(F)c2)c(F)c1F. The van der Waals surface area contributed by atoms with Crippen LogP contribution in [0.1, 0.15) is 79.7 Å². The molecular weight excluding hydrogens is 491 g/mol. The van der Waals surface area contributed by atoms with E-state index in [1.807, 2.05) is 0 Å². The molecule has 1 aliphatic rings. The number of aliphatic hydroxyl groups excluding tert-OH is 1. The van der Waals surface area contributed by atoms with Gasteiger partial charge in [-0.05, 0) is 80.7 Å². The van der Waals surface area contributed by atoms with Gasteiger partial charge in [0.15, 0.2) is 23.2 Å². The van der Waals surface area contributed by atoms with E-state index >= 15 is 0 Å². The van der Waals surface area contributed by atoms with E-state index in [-0.39, 0.29) is 53.2 Å². The fourth-order valence-corrected chi connectivity index (χ4v) is 4.97. The summed E-state index contributed by atoms with van der Waals surface area (Å²) in [5.41, 5.74) is 0.686. The van der Waals surface area contributed by atoms with Crippen LogP contribution in [-0.2, 0) is 6.61 Å². The maximum atomic E-state index is 14.9. The van der Waals surface area contributed by atoms with E-state index < -0.39 is 35.2 Å². The summed E-state index contributed by atoms with van der Waals surface area (Å²) in [6.45, 7) is 2.96. The van der Waals surface area contributed by atoms with Crippen molar-refractivity contribution in [2.75, 3.05) is 6.61 Å². The Labute approximate surface area is 212 Å². The van der Waals surface area contributed by atoms with E-state index in [0.717, 1.165) is 0 Å². The smallest absolute Gasteiger partial charge is 0.201 e. The van der Waals surface area contributed by atoms with E-state index in [2.05, 4.69) is 0 Å². The third kappa shape index (κ3) is 5.74. The molecule has 0 aromatic heterocycles. The third-order valence-corrected chi connectivity index (χ3v) is 6.99. The van der Waals surface area contributed by atoms with Crippen LogP contribution in [0.5, 0.6) is 11.5 Å². The normalized spacial score (nSPS) is 18.5. The first-order chi connectivity index (χ1) is 17.7. The number of rotatable bonds is 8. The molecule has 1 atom stereocenters. The molecule has 4 rings (SSSR count). The molecule has 198 valence electrons. The summed E-state index contributed by atoms with van der Waals surface area (Å²) in [6, 6.07) is 10.0. The van der Waals surface area contributed by atoms with Gasteiger partial charge in [0.05, 0.1) is 12.7 Å². The molecule has 0 spiro atoms. The van der Waals surface area contributed by atoms with Crippen LogP contribution in [0.15, 0.2) is 42.5 Å². The molecule has 1 N–H and O–H groups in total. The molecule has 37 heavy (non-hydrogen) atoms. The highest BCUT2D eigenvalue weighted by atomic mass is 19.2. The number of ether oxygens (including phenoxy) is 2. The van der Waals surface area contributed by atoms with Crippen molar-refractivity contribution in [3.8, 4) is 11.5 Å². The molecule has 0 aliphatic heterocycles. The van der Waals surface area contributed by atoms with E-state index in [1.54, 1.807) is 19.1 Å². The van der Waals surface area contributed by atoms with E-state index in [9.17, 15) is 27.1 Å². The van der Waals surface area contributed by atoms with Crippen LogP contribution in [0.2, 0.25) is 0 Å². The summed E-state index contributed by atoms with van der Waals surface area (Å²) >= 11 is 0. The van der Waals surface area contributed by atoms with Crippen molar-refractivity contribution in [3.05, 3.63) is 93.8 Å². The summed E-state index contributed by atoms with van der Waals surface area (Å²) in [5.74, 6) is -4.88. The van der Waals surface area contributed by atoms with E-state index in [4.69, 9.17) is 9.47 Å². The van der Waals surface area contributed by atoms with Crippen molar-refractivity contribution in [2.24, 2.45) is 0 Å². The minimum absolute atomic E-state index is 0.0195. The molecule has 1 aliphatic carbocycles. The first kappa shape index (κ1) is 26.9. The summed E-state index contributed by atoms with van der Waals surface area (Å²) < 4.78 is 82.7. The van der Waals surface area contributed by atoms with Gasteiger partial charge in [-0.15, -0.1) is 0 Å². The highest BCUT2D eigenvalue weighted by Crippen LogP contribution is 2.43. The van der Waals surface area contributed by atoms with Crippen LogP contribution in [0.4, 0.5) is 22.0 Å². The molecule has 0 radical (unpaired) electrons. The van der Waals surface area contributed by atoms with Crippen LogP contribution >= 0.6 is 0 Å². The van der Waals surface area contributed by atoms with Gasteiger partial charge in [-0.3, -0.25) is 0 Å². The molecule has 3 nitrogen and oxygen atoms in total. The topological polar surface area (TPSA) is 38.7 Å². The predicted molar refractivity (Wildman–Crippen MR) is 129 cm³/mol. The Morgan fingerprint density at radius 1 is 0.784 bits per heavy atom. The lowest BCUT2D eigenvalue weighted by Gasteiger charge is -2.30. The van der Waals surface area contributed by atoms with Gasteiger partial charge in [0.1, 0.15) is 18.2 Å².